The predicted molar refractivity (Wildman–Crippen MR) is 161 cm³/mol. The van der Waals surface area contributed by atoms with Crippen molar-refractivity contribution in [1.82, 2.24) is 19.8 Å². The highest BCUT2D eigenvalue weighted by atomic mass is 32.2. The molecule has 3 heterocycles. The van der Waals surface area contributed by atoms with Gasteiger partial charge in [0.05, 0.1) is 47.2 Å². The van der Waals surface area contributed by atoms with Gasteiger partial charge in [0.15, 0.2) is 9.84 Å². The number of aromatic nitrogens is 2. The average Bonchev–Trinajstić information content (AvgIpc) is 2.98. The first-order valence-electron chi connectivity index (χ1n) is 13.8. The molecule has 2 aliphatic rings. The molecule has 9 heteroatoms. The molecule has 0 amide bonds. The predicted octanol–water partition coefficient (Wildman–Crippen LogP) is 3.95. The van der Waals surface area contributed by atoms with Gasteiger partial charge in [-0.1, -0.05) is 36.4 Å². The van der Waals surface area contributed by atoms with Gasteiger partial charge >= 0.3 is 0 Å². The zero-order valence-electron chi connectivity index (χ0n) is 23.1. The third kappa shape index (κ3) is 5.68. The molecule has 0 atom stereocenters. The standard InChI is InChI=1S/C31H35N5O3S/c1-34-12-14-36(15-13-34)29-20-25(10-11-30(29)39-2)28-21-32-27-5-3-4-26(31(27)33-28)24-8-6-23(7-9-24)22-35-16-18-40(37,38)19-17-35/h3-11,20-21H,12-19,22H2,1-2H3. The molecule has 0 unspecified atom stereocenters. The van der Waals surface area contributed by atoms with Crippen molar-refractivity contribution in [2.45, 2.75) is 6.54 Å². The number of hydrogen-bond acceptors (Lipinski definition) is 8. The maximum Gasteiger partial charge on any atom is 0.152 e. The largest absolute Gasteiger partial charge is 0.495 e. The topological polar surface area (TPSA) is 78.9 Å². The summed E-state index contributed by atoms with van der Waals surface area (Å²) in [6.45, 7) is 5.88. The Balaban J connectivity index is 1.28. The number of para-hydroxylation sites is 1. The Hall–Kier alpha value is -3.53. The fourth-order valence-corrected chi connectivity index (χ4v) is 6.78. The van der Waals surface area contributed by atoms with Crippen LogP contribution in [0.25, 0.3) is 33.4 Å². The van der Waals surface area contributed by atoms with E-state index in [2.05, 4.69) is 64.2 Å². The van der Waals surface area contributed by atoms with E-state index in [0.29, 0.717) is 13.1 Å². The lowest BCUT2D eigenvalue weighted by molar-refractivity contribution is 0.287. The van der Waals surface area contributed by atoms with Gasteiger partial charge < -0.3 is 14.5 Å². The maximum atomic E-state index is 11.8. The number of nitrogens with zero attached hydrogens (tertiary/aromatic N) is 5. The SMILES string of the molecule is COc1ccc(-c2cnc3cccc(-c4ccc(CN5CCS(=O)(=O)CC5)cc4)c3n2)cc1N1CCN(C)CC1. The van der Waals surface area contributed by atoms with Crippen molar-refractivity contribution in [3.05, 3.63) is 72.4 Å². The summed E-state index contributed by atoms with van der Waals surface area (Å²) in [7, 11) is 1.00. The normalized spacial score (nSPS) is 18.2. The number of fused-ring (bicyclic) bond motifs is 1. The number of ether oxygens (including phenoxy) is 1. The summed E-state index contributed by atoms with van der Waals surface area (Å²) < 4.78 is 29.2. The van der Waals surface area contributed by atoms with Crippen molar-refractivity contribution in [1.29, 1.82) is 0 Å². The highest BCUT2D eigenvalue weighted by molar-refractivity contribution is 7.91. The molecule has 2 fully saturated rings. The third-order valence-corrected chi connectivity index (χ3v) is 9.61. The second-order valence-electron chi connectivity index (χ2n) is 10.7. The van der Waals surface area contributed by atoms with E-state index in [0.717, 1.165) is 77.6 Å². The molecule has 8 nitrogen and oxygen atoms in total. The Morgan fingerprint density at radius 1 is 0.875 bits per heavy atom. The number of rotatable bonds is 6. The van der Waals surface area contributed by atoms with Gasteiger partial charge in [0.1, 0.15) is 5.75 Å². The molecule has 2 saturated heterocycles. The monoisotopic (exact) mass is 557 g/mol. The van der Waals surface area contributed by atoms with Crippen molar-refractivity contribution in [2.75, 3.05) is 69.8 Å². The van der Waals surface area contributed by atoms with Gasteiger partial charge in [-0.25, -0.2) is 13.4 Å². The summed E-state index contributed by atoms with van der Waals surface area (Å²) >= 11 is 0. The number of anilines is 1. The van der Waals surface area contributed by atoms with Crippen molar-refractivity contribution >= 4 is 26.6 Å². The minimum Gasteiger partial charge on any atom is -0.495 e. The number of piperazine rings is 1. The van der Waals surface area contributed by atoms with E-state index in [1.54, 1.807) is 7.11 Å². The molecule has 4 aromatic rings. The van der Waals surface area contributed by atoms with Gasteiger partial charge in [-0.15, -0.1) is 0 Å². The lowest BCUT2D eigenvalue weighted by Gasteiger charge is -2.35. The van der Waals surface area contributed by atoms with E-state index < -0.39 is 9.84 Å². The van der Waals surface area contributed by atoms with Gasteiger partial charge in [-0.2, -0.15) is 0 Å². The molecule has 0 saturated carbocycles. The summed E-state index contributed by atoms with van der Waals surface area (Å²) in [5.41, 5.74) is 7.94. The Morgan fingerprint density at radius 2 is 1.60 bits per heavy atom. The molecular formula is C31H35N5O3S. The fraction of sp³-hybridized carbons (Fsp3) is 0.355. The number of methoxy groups -OCH3 is 1. The van der Waals surface area contributed by atoms with Gasteiger partial charge in [-0.05, 0) is 42.4 Å². The van der Waals surface area contributed by atoms with Crippen LogP contribution in [0.4, 0.5) is 5.69 Å². The lowest BCUT2D eigenvalue weighted by atomic mass is 10.0. The van der Waals surface area contributed by atoms with Crippen LogP contribution in [0.1, 0.15) is 5.56 Å². The molecule has 0 bridgehead atoms. The molecule has 0 N–H and O–H groups in total. The maximum absolute atomic E-state index is 11.8. The molecule has 40 heavy (non-hydrogen) atoms. The molecule has 0 radical (unpaired) electrons. The van der Waals surface area contributed by atoms with Crippen LogP contribution in [-0.4, -0.2) is 93.1 Å². The first-order valence-corrected chi connectivity index (χ1v) is 15.6. The van der Waals surface area contributed by atoms with Crippen molar-refractivity contribution in [3.63, 3.8) is 0 Å². The minimum atomic E-state index is -2.87. The van der Waals surface area contributed by atoms with Crippen LogP contribution in [0.5, 0.6) is 5.75 Å². The highest BCUT2D eigenvalue weighted by Gasteiger charge is 2.22. The Kier molecular flexibility index (Phi) is 7.44. The number of sulfone groups is 1. The van der Waals surface area contributed by atoms with E-state index >= 15 is 0 Å². The molecule has 2 aliphatic heterocycles. The van der Waals surface area contributed by atoms with Gasteiger partial charge in [0.2, 0.25) is 0 Å². The van der Waals surface area contributed by atoms with Crippen LogP contribution in [0.3, 0.4) is 0 Å². The third-order valence-electron chi connectivity index (χ3n) is 8.00. The van der Waals surface area contributed by atoms with Crippen molar-refractivity contribution in [2.24, 2.45) is 0 Å². The summed E-state index contributed by atoms with van der Waals surface area (Å²) in [6.07, 6.45) is 1.85. The van der Waals surface area contributed by atoms with E-state index in [1.807, 2.05) is 24.4 Å². The second-order valence-corrected chi connectivity index (χ2v) is 13.0. The Morgan fingerprint density at radius 3 is 2.33 bits per heavy atom. The Bertz CT molecular complexity index is 1600. The van der Waals surface area contributed by atoms with E-state index in [4.69, 9.17) is 14.7 Å². The number of benzene rings is 3. The molecule has 6 rings (SSSR count). The van der Waals surface area contributed by atoms with Crippen LogP contribution >= 0.6 is 0 Å². The molecule has 0 spiro atoms. The summed E-state index contributed by atoms with van der Waals surface area (Å²) in [6, 6.07) is 20.9. The smallest absolute Gasteiger partial charge is 0.152 e. The molecule has 0 aliphatic carbocycles. The molecular weight excluding hydrogens is 522 g/mol. The van der Waals surface area contributed by atoms with Crippen molar-refractivity contribution < 1.29 is 13.2 Å². The summed E-state index contributed by atoms with van der Waals surface area (Å²) in [5, 5.41) is 0. The van der Waals surface area contributed by atoms with E-state index in [9.17, 15) is 8.42 Å². The molecule has 208 valence electrons. The summed E-state index contributed by atoms with van der Waals surface area (Å²) in [5.74, 6) is 1.36. The molecule has 1 aromatic heterocycles. The van der Waals surface area contributed by atoms with Crippen LogP contribution in [-0.2, 0) is 16.4 Å². The first-order chi connectivity index (χ1) is 19.4. The van der Waals surface area contributed by atoms with E-state index in [-0.39, 0.29) is 11.5 Å². The van der Waals surface area contributed by atoms with Crippen molar-refractivity contribution in [3.8, 4) is 28.1 Å². The average molecular weight is 558 g/mol. The van der Waals surface area contributed by atoms with Gasteiger partial charge in [0.25, 0.3) is 0 Å². The van der Waals surface area contributed by atoms with Crippen LogP contribution < -0.4 is 9.64 Å². The lowest BCUT2D eigenvalue weighted by Crippen LogP contribution is -2.44. The second kappa shape index (κ2) is 11.2. The molecule has 3 aromatic carbocycles. The van der Waals surface area contributed by atoms with Crippen LogP contribution in [0.2, 0.25) is 0 Å². The van der Waals surface area contributed by atoms with E-state index in [1.165, 1.54) is 5.56 Å². The zero-order chi connectivity index (χ0) is 27.7. The fourth-order valence-electron chi connectivity index (χ4n) is 5.51. The van der Waals surface area contributed by atoms with Crippen LogP contribution in [0.15, 0.2) is 66.9 Å². The number of likely N-dealkylation sites (N-methyl/N-ethyl adjacent to an activating group) is 1. The first kappa shape index (κ1) is 26.7. The van der Waals surface area contributed by atoms with Gasteiger partial charge in [0, 0.05) is 56.9 Å². The summed E-state index contributed by atoms with van der Waals surface area (Å²) in [4.78, 5) is 16.8. The zero-order valence-corrected chi connectivity index (χ0v) is 23.9. The van der Waals surface area contributed by atoms with Gasteiger partial charge in [-0.3, -0.25) is 9.88 Å². The van der Waals surface area contributed by atoms with Crippen LogP contribution in [0, 0.1) is 0 Å². The Labute approximate surface area is 236 Å². The number of hydrogen-bond donors (Lipinski definition) is 0. The minimum absolute atomic E-state index is 0.243. The quantitative estimate of drug-likeness (QED) is 0.353. The highest BCUT2D eigenvalue weighted by Crippen LogP contribution is 2.35.